The molecule has 0 aromatic carbocycles. The molecule has 4 N–H and O–H groups in total. The smallest absolute Gasteiger partial charge is 0.222 e. The molecule has 0 spiro atoms. The molecule has 5 nitrogen and oxygen atoms in total. The number of hydrogen-bond donors (Lipinski definition) is 4. The number of carbonyl (C=O) groups excluding carboxylic acids is 1. The van der Waals surface area contributed by atoms with Crippen LogP contribution in [0, 0.1) is 0 Å². The van der Waals surface area contributed by atoms with Crippen molar-refractivity contribution in [2.24, 2.45) is 0 Å². The second-order valence-electron chi connectivity index (χ2n) is 9.26. The van der Waals surface area contributed by atoms with Gasteiger partial charge in [0.25, 0.3) is 0 Å². The first-order chi connectivity index (χ1) is 16.5. The third-order valence-electron chi connectivity index (χ3n) is 5.92. The average molecular weight is 480 g/mol. The van der Waals surface area contributed by atoms with Crippen LogP contribution in [-0.4, -0.2) is 46.1 Å². The molecule has 0 radical (unpaired) electrons. The van der Waals surface area contributed by atoms with Gasteiger partial charge < -0.3 is 20.6 Å². The van der Waals surface area contributed by atoms with Crippen LogP contribution in [0.2, 0.25) is 0 Å². The molecule has 0 aliphatic rings. The van der Waals surface area contributed by atoms with Crippen molar-refractivity contribution in [2.45, 2.75) is 135 Å². The fourth-order valence-electron chi connectivity index (χ4n) is 3.79. The first kappa shape index (κ1) is 32.6. The lowest BCUT2D eigenvalue weighted by Crippen LogP contribution is -2.45. The number of rotatable bonds is 23. The molecule has 0 fully saturated rings. The van der Waals surface area contributed by atoms with Crippen molar-refractivity contribution in [1.82, 2.24) is 5.32 Å². The minimum absolute atomic E-state index is 0.00217. The van der Waals surface area contributed by atoms with E-state index in [9.17, 15) is 20.1 Å². The van der Waals surface area contributed by atoms with Gasteiger partial charge in [0.05, 0.1) is 31.3 Å². The number of hydrogen-bond acceptors (Lipinski definition) is 4. The zero-order valence-electron chi connectivity index (χ0n) is 22.0. The van der Waals surface area contributed by atoms with E-state index in [2.05, 4.69) is 43.5 Å². The Labute approximate surface area is 209 Å². The van der Waals surface area contributed by atoms with E-state index in [1.54, 1.807) is 6.08 Å². The van der Waals surface area contributed by atoms with Crippen molar-refractivity contribution in [2.75, 3.05) is 6.61 Å². The third kappa shape index (κ3) is 21.1. The highest BCUT2D eigenvalue weighted by Crippen LogP contribution is 2.12. The van der Waals surface area contributed by atoms with E-state index in [0.29, 0.717) is 6.42 Å². The van der Waals surface area contributed by atoms with Crippen LogP contribution in [0.5, 0.6) is 0 Å². The normalized spacial score (nSPS) is 14.9. The molecule has 1 amide bonds. The van der Waals surface area contributed by atoms with Crippen molar-refractivity contribution < 1.29 is 20.1 Å². The van der Waals surface area contributed by atoms with Crippen molar-refractivity contribution in [3.05, 3.63) is 36.5 Å². The van der Waals surface area contributed by atoms with Crippen LogP contribution in [0.25, 0.3) is 0 Å². The second kappa shape index (κ2) is 24.7. The maximum atomic E-state index is 12.2. The van der Waals surface area contributed by atoms with Crippen LogP contribution in [0.15, 0.2) is 36.5 Å². The summed E-state index contributed by atoms with van der Waals surface area (Å²) < 4.78 is 0. The fourth-order valence-corrected chi connectivity index (χ4v) is 3.79. The van der Waals surface area contributed by atoms with Crippen LogP contribution in [0.1, 0.15) is 117 Å². The van der Waals surface area contributed by atoms with E-state index in [1.165, 1.54) is 44.9 Å². The van der Waals surface area contributed by atoms with Crippen molar-refractivity contribution in [3.63, 3.8) is 0 Å². The molecule has 3 unspecified atom stereocenters. The largest absolute Gasteiger partial charge is 0.394 e. The Kier molecular flexibility index (Phi) is 23.6. The summed E-state index contributed by atoms with van der Waals surface area (Å²) in [4.78, 5) is 12.2. The van der Waals surface area contributed by atoms with E-state index >= 15 is 0 Å². The highest BCUT2D eigenvalue weighted by molar-refractivity contribution is 5.76. The number of amides is 1. The SMILES string of the molecule is CC/C=C/CC/C=C/CC/C=C/C(O)C(CO)NC(=O)CC(O)CCCCCCCCCCC. The molecule has 0 aromatic heterocycles. The Balaban J connectivity index is 3.95. The summed E-state index contributed by atoms with van der Waals surface area (Å²) >= 11 is 0. The van der Waals surface area contributed by atoms with Gasteiger partial charge in [0.1, 0.15) is 0 Å². The predicted molar refractivity (Wildman–Crippen MR) is 144 cm³/mol. The lowest BCUT2D eigenvalue weighted by Gasteiger charge is -2.21. The van der Waals surface area contributed by atoms with Crippen molar-refractivity contribution in [1.29, 1.82) is 0 Å². The van der Waals surface area contributed by atoms with Gasteiger partial charge in [0.15, 0.2) is 0 Å². The van der Waals surface area contributed by atoms with Crippen molar-refractivity contribution in [3.8, 4) is 0 Å². The van der Waals surface area contributed by atoms with Crippen LogP contribution in [-0.2, 0) is 4.79 Å². The molecule has 0 aliphatic carbocycles. The third-order valence-corrected chi connectivity index (χ3v) is 5.92. The summed E-state index contributed by atoms with van der Waals surface area (Å²) in [5, 5.41) is 32.6. The van der Waals surface area contributed by atoms with E-state index in [1.807, 2.05) is 6.08 Å². The molecule has 0 rings (SSSR count). The summed E-state index contributed by atoms with van der Waals surface area (Å²) in [5.41, 5.74) is 0. The number of aliphatic hydroxyl groups is 3. The first-order valence-corrected chi connectivity index (χ1v) is 13.8. The van der Waals surface area contributed by atoms with Crippen molar-refractivity contribution >= 4 is 5.91 Å². The second-order valence-corrected chi connectivity index (χ2v) is 9.26. The van der Waals surface area contributed by atoms with E-state index in [4.69, 9.17) is 0 Å². The predicted octanol–water partition coefficient (Wildman–Crippen LogP) is 6.14. The minimum Gasteiger partial charge on any atom is -0.394 e. The van der Waals surface area contributed by atoms with E-state index in [-0.39, 0.29) is 18.9 Å². The number of carbonyl (C=O) groups is 1. The Bertz CT molecular complexity index is 544. The average Bonchev–Trinajstić information content (AvgIpc) is 2.82. The van der Waals surface area contributed by atoms with Gasteiger partial charge in [0, 0.05) is 0 Å². The molecular weight excluding hydrogens is 426 g/mol. The number of allylic oxidation sites excluding steroid dienone is 5. The first-order valence-electron chi connectivity index (χ1n) is 13.8. The van der Waals surface area contributed by atoms with Gasteiger partial charge in [-0.3, -0.25) is 4.79 Å². The van der Waals surface area contributed by atoms with Gasteiger partial charge in [-0.15, -0.1) is 0 Å². The van der Waals surface area contributed by atoms with Crippen LogP contribution >= 0.6 is 0 Å². The van der Waals surface area contributed by atoms with Gasteiger partial charge in [0.2, 0.25) is 5.91 Å². The molecule has 3 atom stereocenters. The lowest BCUT2D eigenvalue weighted by molar-refractivity contribution is -0.124. The quantitative estimate of drug-likeness (QED) is 0.105. The van der Waals surface area contributed by atoms with Gasteiger partial charge in [-0.1, -0.05) is 108 Å². The highest BCUT2D eigenvalue weighted by Gasteiger charge is 2.19. The molecule has 198 valence electrons. The molecule has 5 heteroatoms. The summed E-state index contributed by atoms with van der Waals surface area (Å²) in [7, 11) is 0. The maximum absolute atomic E-state index is 12.2. The minimum atomic E-state index is -0.952. The molecule has 0 bridgehead atoms. The molecule has 34 heavy (non-hydrogen) atoms. The molecule has 0 aromatic rings. The Morgan fingerprint density at radius 3 is 1.85 bits per heavy atom. The standard InChI is InChI=1S/C29H53NO4/c1-3-5-7-9-11-13-15-17-19-21-23-28(33)27(25-31)30-29(34)24-26(32)22-20-18-16-14-12-10-8-6-4-2/h5,7,13,15,21,23,26-28,31-33H,3-4,6,8-12,14,16-20,22,24-25H2,1-2H3,(H,30,34)/b7-5+,15-13+,23-21+. The summed E-state index contributed by atoms with van der Waals surface area (Å²) in [6.45, 7) is 4.00. The molecule has 0 aliphatic heterocycles. The highest BCUT2D eigenvalue weighted by atomic mass is 16.3. The van der Waals surface area contributed by atoms with Crippen LogP contribution in [0.4, 0.5) is 0 Å². The van der Waals surface area contributed by atoms with Gasteiger partial charge in [-0.2, -0.15) is 0 Å². The number of unbranched alkanes of at least 4 members (excludes halogenated alkanes) is 10. The van der Waals surface area contributed by atoms with Crippen LogP contribution in [0.3, 0.4) is 0 Å². The van der Waals surface area contributed by atoms with Gasteiger partial charge in [-0.05, 0) is 38.5 Å². The zero-order valence-corrected chi connectivity index (χ0v) is 22.0. The van der Waals surface area contributed by atoms with E-state index in [0.717, 1.165) is 44.9 Å². The monoisotopic (exact) mass is 479 g/mol. The zero-order chi connectivity index (χ0) is 25.3. The molecule has 0 heterocycles. The number of nitrogens with one attached hydrogen (secondary N) is 1. The van der Waals surface area contributed by atoms with Gasteiger partial charge >= 0.3 is 0 Å². The van der Waals surface area contributed by atoms with E-state index < -0.39 is 18.2 Å². The summed E-state index contributed by atoms with van der Waals surface area (Å²) in [5.74, 6) is -0.338. The molecule has 0 saturated carbocycles. The molecule has 0 saturated heterocycles. The summed E-state index contributed by atoms with van der Waals surface area (Å²) in [6.07, 6.45) is 27.0. The molecular formula is C29H53NO4. The lowest BCUT2D eigenvalue weighted by atomic mass is 10.0. The van der Waals surface area contributed by atoms with Gasteiger partial charge in [-0.25, -0.2) is 0 Å². The maximum Gasteiger partial charge on any atom is 0.222 e. The fraction of sp³-hybridized carbons (Fsp3) is 0.759. The topological polar surface area (TPSA) is 89.8 Å². The summed E-state index contributed by atoms with van der Waals surface area (Å²) in [6, 6.07) is -0.760. The Morgan fingerprint density at radius 2 is 1.29 bits per heavy atom. The van der Waals surface area contributed by atoms with Crippen LogP contribution < -0.4 is 5.32 Å². The Hall–Kier alpha value is -1.43. The number of aliphatic hydroxyl groups excluding tert-OH is 3. The Morgan fingerprint density at radius 1 is 0.765 bits per heavy atom.